The minimum Gasteiger partial charge on any atom is -0.397 e. The van der Waals surface area contributed by atoms with Gasteiger partial charge in [-0.05, 0) is 47.2 Å². The molecule has 0 radical (unpaired) electrons. The summed E-state index contributed by atoms with van der Waals surface area (Å²) in [6, 6.07) is 9.80. The van der Waals surface area contributed by atoms with Gasteiger partial charge in [0, 0.05) is 9.14 Å². The highest BCUT2D eigenvalue weighted by atomic mass is 127. The largest absolute Gasteiger partial charge is 0.397 e. The number of nitrogens with two attached hydrogens (primary N) is 1. The van der Waals surface area contributed by atoms with Crippen LogP contribution in [0.15, 0.2) is 29.8 Å². The van der Waals surface area contributed by atoms with Crippen molar-refractivity contribution in [2.75, 3.05) is 0 Å². The zero-order valence-electron chi connectivity index (χ0n) is 7.21. The van der Waals surface area contributed by atoms with E-state index in [9.17, 15) is 0 Å². The molecule has 0 saturated carbocycles. The van der Waals surface area contributed by atoms with Crippen LogP contribution in [-0.4, -0.2) is 0 Å². The third-order valence-corrected chi connectivity index (χ3v) is 2.38. The van der Waals surface area contributed by atoms with Crippen LogP contribution in [0.1, 0.15) is 12.5 Å². The molecule has 0 aliphatic rings. The van der Waals surface area contributed by atoms with Crippen molar-refractivity contribution in [1.82, 2.24) is 0 Å². The molecule has 3 heteroatoms. The first-order valence-electron chi connectivity index (χ1n) is 3.77. The van der Waals surface area contributed by atoms with E-state index in [1.54, 1.807) is 6.92 Å². The Morgan fingerprint density at radius 2 is 2.23 bits per heavy atom. The van der Waals surface area contributed by atoms with Crippen LogP contribution in [-0.2, 0) is 0 Å². The van der Waals surface area contributed by atoms with Crippen molar-refractivity contribution >= 4 is 28.3 Å². The summed E-state index contributed by atoms with van der Waals surface area (Å²) in [5, 5.41) is 8.65. The fourth-order valence-corrected chi connectivity index (χ4v) is 1.48. The Kier molecular flexibility index (Phi) is 3.32. The Labute approximate surface area is 91.2 Å². The fraction of sp³-hybridized carbons (Fsp3) is 0.100. The first-order valence-corrected chi connectivity index (χ1v) is 4.85. The van der Waals surface area contributed by atoms with Gasteiger partial charge in [-0.2, -0.15) is 5.26 Å². The molecule has 0 aromatic heterocycles. The first-order chi connectivity index (χ1) is 6.15. The molecule has 2 nitrogen and oxygen atoms in total. The average molecular weight is 284 g/mol. The van der Waals surface area contributed by atoms with Gasteiger partial charge in [0.15, 0.2) is 0 Å². The van der Waals surface area contributed by atoms with Gasteiger partial charge in [-0.15, -0.1) is 0 Å². The van der Waals surface area contributed by atoms with Crippen LogP contribution < -0.4 is 5.73 Å². The van der Waals surface area contributed by atoms with E-state index in [-0.39, 0.29) is 0 Å². The third kappa shape index (κ3) is 2.46. The van der Waals surface area contributed by atoms with Crippen LogP contribution in [0.2, 0.25) is 0 Å². The number of hydrogen-bond donors (Lipinski definition) is 1. The number of hydrogen-bond acceptors (Lipinski definition) is 2. The highest BCUT2D eigenvalue weighted by Crippen LogP contribution is 2.15. The van der Waals surface area contributed by atoms with Gasteiger partial charge in [0.25, 0.3) is 0 Å². The van der Waals surface area contributed by atoms with Crippen LogP contribution in [0.3, 0.4) is 0 Å². The van der Waals surface area contributed by atoms with Crippen molar-refractivity contribution in [3.63, 3.8) is 0 Å². The van der Waals surface area contributed by atoms with Gasteiger partial charge in [-0.25, -0.2) is 0 Å². The number of benzene rings is 1. The summed E-state index contributed by atoms with van der Waals surface area (Å²) >= 11 is 2.21. The third-order valence-electron chi connectivity index (χ3n) is 1.71. The maximum atomic E-state index is 8.65. The fourth-order valence-electron chi connectivity index (χ4n) is 0.933. The molecule has 0 heterocycles. The predicted molar refractivity (Wildman–Crippen MR) is 61.6 cm³/mol. The van der Waals surface area contributed by atoms with Gasteiger partial charge >= 0.3 is 0 Å². The lowest BCUT2D eigenvalue weighted by molar-refractivity contribution is 1.39. The van der Waals surface area contributed by atoms with Gasteiger partial charge in [0.1, 0.15) is 0 Å². The van der Waals surface area contributed by atoms with E-state index in [1.807, 2.05) is 30.3 Å². The summed E-state index contributed by atoms with van der Waals surface area (Å²) < 4.78 is 1.11. The monoisotopic (exact) mass is 284 g/mol. The van der Waals surface area contributed by atoms with Gasteiger partial charge in [0.2, 0.25) is 0 Å². The van der Waals surface area contributed by atoms with E-state index in [4.69, 9.17) is 11.0 Å². The lowest BCUT2D eigenvalue weighted by Gasteiger charge is -2.02. The summed E-state index contributed by atoms with van der Waals surface area (Å²) in [6.45, 7) is 1.72. The number of halogens is 1. The number of rotatable bonds is 1. The van der Waals surface area contributed by atoms with Crippen molar-refractivity contribution in [3.05, 3.63) is 39.0 Å². The lowest BCUT2D eigenvalue weighted by atomic mass is 10.1. The molecule has 0 spiro atoms. The Morgan fingerprint density at radius 3 is 2.77 bits per heavy atom. The van der Waals surface area contributed by atoms with E-state index in [0.29, 0.717) is 11.3 Å². The summed E-state index contributed by atoms with van der Waals surface area (Å²) in [6.07, 6.45) is 0. The van der Waals surface area contributed by atoms with E-state index in [2.05, 4.69) is 22.6 Å². The van der Waals surface area contributed by atoms with Crippen molar-refractivity contribution < 1.29 is 0 Å². The quantitative estimate of drug-likeness (QED) is 0.636. The van der Waals surface area contributed by atoms with E-state index in [0.717, 1.165) is 9.13 Å². The molecule has 1 aromatic carbocycles. The Morgan fingerprint density at radius 1 is 1.54 bits per heavy atom. The molecule has 0 aliphatic carbocycles. The molecule has 0 aliphatic heterocycles. The minimum absolute atomic E-state index is 0.556. The molecule has 13 heavy (non-hydrogen) atoms. The number of nitrogens with zero attached hydrogens (tertiary/aromatic N) is 1. The highest BCUT2D eigenvalue weighted by molar-refractivity contribution is 14.1. The Hall–Kier alpha value is -1.02. The molecule has 66 valence electrons. The van der Waals surface area contributed by atoms with Gasteiger partial charge in [-0.3, -0.25) is 0 Å². The molecule has 0 unspecified atom stereocenters. The highest BCUT2D eigenvalue weighted by Gasteiger charge is 2.00. The first kappa shape index (κ1) is 10.1. The molecule has 0 atom stereocenters. The van der Waals surface area contributed by atoms with E-state index >= 15 is 0 Å². The maximum absolute atomic E-state index is 8.65. The van der Waals surface area contributed by atoms with Crippen molar-refractivity contribution in [2.24, 2.45) is 5.73 Å². The zero-order chi connectivity index (χ0) is 9.84. The summed E-state index contributed by atoms with van der Waals surface area (Å²) in [7, 11) is 0. The second-order valence-electron chi connectivity index (χ2n) is 2.66. The smallest absolute Gasteiger partial charge is 0.0965 e. The molecule has 0 amide bonds. The average Bonchev–Trinajstić information content (AvgIpc) is 2.15. The van der Waals surface area contributed by atoms with Gasteiger partial charge in [0.05, 0.1) is 11.8 Å². The van der Waals surface area contributed by atoms with E-state index in [1.165, 1.54) is 0 Å². The second-order valence-corrected chi connectivity index (χ2v) is 3.91. The topological polar surface area (TPSA) is 49.8 Å². The molecule has 1 rings (SSSR count). The molecule has 0 saturated heterocycles. The van der Waals surface area contributed by atoms with Crippen LogP contribution in [0.5, 0.6) is 0 Å². The Bertz CT molecular complexity index is 388. The van der Waals surface area contributed by atoms with Gasteiger partial charge in [-0.1, -0.05) is 12.1 Å². The predicted octanol–water partition coefficient (Wildman–Crippen LogP) is 2.50. The molecule has 0 fully saturated rings. The molecule has 2 N–H and O–H groups in total. The van der Waals surface area contributed by atoms with E-state index < -0.39 is 0 Å². The van der Waals surface area contributed by atoms with Crippen LogP contribution in [0.25, 0.3) is 5.70 Å². The summed E-state index contributed by atoms with van der Waals surface area (Å²) in [5.41, 5.74) is 7.79. The molecule has 0 bridgehead atoms. The van der Waals surface area contributed by atoms with Crippen LogP contribution >= 0.6 is 22.6 Å². The number of allylic oxidation sites excluding steroid dienone is 1. The zero-order valence-corrected chi connectivity index (χ0v) is 9.37. The lowest BCUT2D eigenvalue weighted by Crippen LogP contribution is -1.99. The molecular weight excluding hydrogens is 275 g/mol. The second kappa shape index (κ2) is 4.28. The minimum atomic E-state index is 0.556. The SMILES string of the molecule is C/C(C#N)=C(/N)c1cccc(I)c1. The molecule has 1 aromatic rings. The standard InChI is InChI=1S/C10H9IN2/c1-7(6-12)10(13)8-3-2-4-9(11)5-8/h2-5H,13H2,1H3/b10-7-. The van der Waals surface area contributed by atoms with Crippen LogP contribution in [0.4, 0.5) is 0 Å². The molecular formula is C10H9IN2. The van der Waals surface area contributed by atoms with Crippen LogP contribution in [0, 0.1) is 14.9 Å². The normalized spacial score (nSPS) is 11.8. The van der Waals surface area contributed by atoms with Gasteiger partial charge < -0.3 is 5.73 Å². The van der Waals surface area contributed by atoms with Crippen molar-refractivity contribution in [1.29, 1.82) is 5.26 Å². The summed E-state index contributed by atoms with van der Waals surface area (Å²) in [5.74, 6) is 0. The Balaban J connectivity index is 3.18. The maximum Gasteiger partial charge on any atom is 0.0965 e. The summed E-state index contributed by atoms with van der Waals surface area (Å²) in [4.78, 5) is 0. The van der Waals surface area contributed by atoms with Crippen molar-refractivity contribution in [3.8, 4) is 6.07 Å². The van der Waals surface area contributed by atoms with Crippen molar-refractivity contribution in [2.45, 2.75) is 6.92 Å². The number of nitriles is 1.